The van der Waals surface area contributed by atoms with E-state index in [1.54, 1.807) is 6.33 Å². The van der Waals surface area contributed by atoms with E-state index in [0.717, 1.165) is 44.1 Å². The Bertz CT molecular complexity index is 1160. The molecule has 2 heterocycles. The number of nitrogens with zero attached hydrogens (tertiary/aromatic N) is 2. The number of furan rings is 1. The van der Waals surface area contributed by atoms with Crippen LogP contribution in [0.2, 0.25) is 0 Å². The van der Waals surface area contributed by atoms with Crippen LogP contribution in [-0.4, -0.2) is 9.97 Å². The third-order valence-corrected chi connectivity index (χ3v) is 4.19. The first-order valence-corrected chi connectivity index (χ1v) is 7.52. The van der Waals surface area contributed by atoms with E-state index in [0.29, 0.717) is 0 Å². The summed E-state index contributed by atoms with van der Waals surface area (Å²) >= 11 is 0. The van der Waals surface area contributed by atoms with E-state index in [9.17, 15) is 0 Å². The lowest BCUT2D eigenvalue weighted by Crippen LogP contribution is -1.85. The second-order valence-corrected chi connectivity index (χ2v) is 5.53. The number of aromatic nitrogens is 2. The monoisotopic (exact) mass is 296 g/mol. The first kappa shape index (κ1) is 12.4. The molecule has 0 radical (unpaired) electrons. The van der Waals surface area contributed by atoms with Crippen LogP contribution < -0.4 is 0 Å². The third kappa shape index (κ3) is 1.77. The molecular formula is C20H12N2O. The summed E-state index contributed by atoms with van der Waals surface area (Å²) in [6.45, 7) is 0. The summed E-state index contributed by atoms with van der Waals surface area (Å²) in [6, 6.07) is 22.5. The van der Waals surface area contributed by atoms with Crippen molar-refractivity contribution in [1.29, 1.82) is 0 Å². The van der Waals surface area contributed by atoms with E-state index in [1.165, 1.54) is 0 Å². The van der Waals surface area contributed by atoms with Gasteiger partial charge in [-0.3, -0.25) is 0 Å². The fourth-order valence-electron chi connectivity index (χ4n) is 3.11. The number of fused-ring (bicyclic) bond motifs is 5. The Balaban J connectivity index is 1.95. The lowest BCUT2D eigenvalue weighted by molar-refractivity contribution is 0.671. The molecule has 0 spiro atoms. The van der Waals surface area contributed by atoms with Crippen LogP contribution in [0.5, 0.6) is 0 Å². The molecule has 5 aromatic rings. The summed E-state index contributed by atoms with van der Waals surface area (Å²) in [5.41, 5.74) is 4.33. The summed E-state index contributed by atoms with van der Waals surface area (Å²) in [5.74, 6) is 0. The van der Waals surface area contributed by atoms with Crippen LogP contribution in [0.4, 0.5) is 0 Å². The standard InChI is InChI=1S/C20H12N2O/c1-2-7-14(8-3-1)17-20-18(22-12-21-17)16-11-10-13-6-4-5-9-15(13)19(16)23-20/h1-12H. The van der Waals surface area contributed by atoms with Gasteiger partial charge in [0.05, 0.1) is 0 Å². The average molecular weight is 296 g/mol. The van der Waals surface area contributed by atoms with Crippen molar-refractivity contribution >= 4 is 32.8 Å². The normalized spacial score (nSPS) is 11.5. The average Bonchev–Trinajstić information content (AvgIpc) is 3.01. The second kappa shape index (κ2) is 4.65. The summed E-state index contributed by atoms with van der Waals surface area (Å²) < 4.78 is 6.23. The van der Waals surface area contributed by atoms with Crippen LogP contribution in [0.3, 0.4) is 0 Å². The molecule has 3 nitrogen and oxygen atoms in total. The maximum Gasteiger partial charge on any atom is 0.180 e. The van der Waals surface area contributed by atoms with Gasteiger partial charge in [-0.25, -0.2) is 9.97 Å². The van der Waals surface area contributed by atoms with E-state index in [-0.39, 0.29) is 0 Å². The van der Waals surface area contributed by atoms with E-state index in [1.807, 2.05) is 42.5 Å². The molecule has 0 atom stereocenters. The summed E-state index contributed by atoms with van der Waals surface area (Å²) in [6.07, 6.45) is 1.61. The van der Waals surface area contributed by atoms with Crippen molar-refractivity contribution in [3.05, 3.63) is 73.1 Å². The molecule has 0 bridgehead atoms. The molecule has 0 fully saturated rings. The molecule has 0 aliphatic heterocycles. The zero-order valence-electron chi connectivity index (χ0n) is 12.2. The van der Waals surface area contributed by atoms with Gasteiger partial charge in [0.25, 0.3) is 0 Å². The summed E-state index contributed by atoms with van der Waals surface area (Å²) in [5, 5.41) is 3.29. The van der Waals surface area contributed by atoms with Gasteiger partial charge in [-0.05, 0) is 11.5 Å². The van der Waals surface area contributed by atoms with E-state index >= 15 is 0 Å². The summed E-state index contributed by atoms with van der Waals surface area (Å²) in [4.78, 5) is 8.91. The zero-order chi connectivity index (χ0) is 15.2. The van der Waals surface area contributed by atoms with E-state index < -0.39 is 0 Å². The molecule has 0 aliphatic carbocycles. The highest BCUT2D eigenvalue weighted by Crippen LogP contribution is 2.36. The Hall–Kier alpha value is -3.20. The van der Waals surface area contributed by atoms with Gasteiger partial charge in [0.1, 0.15) is 23.1 Å². The topological polar surface area (TPSA) is 38.9 Å². The molecule has 23 heavy (non-hydrogen) atoms. The Morgan fingerprint density at radius 1 is 0.652 bits per heavy atom. The minimum absolute atomic E-state index is 0.741. The van der Waals surface area contributed by atoms with Crippen molar-refractivity contribution in [2.24, 2.45) is 0 Å². The highest BCUT2D eigenvalue weighted by Gasteiger charge is 2.15. The number of hydrogen-bond acceptors (Lipinski definition) is 3. The van der Waals surface area contributed by atoms with Gasteiger partial charge in [0.2, 0.25) is 0 Å². The summed E-state index contributed by atoms with van der Waals surface area (Å²) in [7, 11) is 0. The predicted molar refractivity (Wildman–Crippen MR) is 92.3 cm³/mol. The highest BCUT2D eigenvalue weighted by molar-refractivity contribution is 6.15. The Morgan fingerprint density at radius 2 is 1.48 bits per heavy atom. The number of hydrogen-bond donors (Lipinski definition) is 0. The molecule has 108 valence electrons. The van der Waals surface area contributed by atoms with Crippen molar-refractivity contribution < 1.29 is 4.42 Å². The maximum atomic E-state index is 6.23. The van der Waals surface area contributed by atoms with Crippen LogP contribution >= 0.6 is 0 Å². The minimum Gasteiger partial charge on any atom is -0.451 e. The van der Waals surface area contributed by atoms with Gasteiger partial charge in [-0.15, -0.1) is 0 Å². The predicted octanol–water partition coefficient (Wildman–Crippen LogP) is 5.20. The van der Waals surface area contributed by atoms with Crippen molar-refractivity contribution in [2.45, 2.75) is 0 Å². The Labute approximate surface area is 132 Å². The van der Waals surface area contributed by atoms with Crippen LogP contribution in [0.15, 0.2) is 77.5 Å². The molecular weight excluding hydrogens is 284 g/mol. The lowest BCUT2D eigenvalue weighted by atomic mass is 10.1. The smallest absolute Gasteiger partial charge is 0.180 e. The van der Waals surface area contributed by atoms with Gasteiger partial charge < -0.3 is 4.42 Å². The van der Waals surface area contributed by atoms with Crippen LogP contribution in [0.25, 0.3) is 44.1 Å². The quantitative estimate of drug-likeness (QED) is 0.427. The van der Waals surface area contributed by atoms with Gasteiger partial charge >= 0.3 is 0 Å². The molecule has 2 aromatic heterocycles. The second-order valence-electron chi connectivity index (χ2n) is 5.53. The van der Waals surface area contributed by atoms with Gasteiger partial charge in [0, 0.05) is 16.3 Å². The molecule has 0 saturated heterocycles. The van der Waals surface area contributed by atoms with Crippen molar-refractivity contribution in [1.82, 2.24) is 9.97 Å². The van der Waals surface area contributed by atoms with E-state index in [4.69, 9.17) is 4.42 Å². The minimum atomic E-state index is 0.741. The molecule has 5 rings (SSSR count). The van der Waals surface area contributed by atoms with Crippen LogP contribution in [0, 0.1) is 0 Å². The zero-order valence-corrected chi connectivity index (χ0v) is 12.2. The lowest BCUT2D eigenvalue weighted by Gasteiger charge is -1.99. The number of rotatable bonds is 1. The van der Waals surface area contributed by atoms with Crippen molar-refractivity contribution in [2.75, 3.05) is 0 Å². The van der Waals surface area contributed by atoms with Crippen molar-refractivity contribution in [3.63, 3.8) is 0 Å². The fourth-order valence-corrected chi connectivity index (χ4v) is 3.11. The Morgan fingerprint density at radius 3 is 2.39 bits per heavy atom. The molecule has 0 N–H and O–H groups in total. The van der Waals surface area contributed by atoms with Gasteiger partial charge in [0.15, 0.2) is 5.58 Å². The largest absolute Gasteiger partial charge is 0.451 e. The van der Waals surface area contributed by atoms with Gasteiger partial charge in [-0.2, -0.15) is 0 Å². The third-order valence-electron chi connectivity index (χ3n) is 4.19. The Kier molecular flexibility index (Phi) is 2.50. The molecule has 3 heteroatoms. The van der Waals surface area contributed by atoms with Crippen LogP contribution in [-0.2, 0) is 0 Å². The highest BCUT2D eigenvalue weighted by atomic mass is 16.3. The maximum absolute atomic E-state index is 6.23. The SMILES string of the molecule is c1ccc(-c2ncnc3c2oc2c4ccccc4ccc32)cc1. The number of benzene rings is 3. The van der Waals surface area contributed by atoms with Gasteiger partial charge in [-0.1, -0.05) is 60.7 Å². The first-order chi connectivity index (χ1) is 11.4. The molecule has 0 unspecified atom stereocenters. The molecule has 3 aromatic carbocycles. The fraction of sp³-hybridized carbons (Fsp3) is 0. The van der Waals surface area contributed by atoms with Crippen molar-refractivity contribution in [3.8, 4) is 11.3 Å². The van der Waals surface area contributed by atoms with E-state index in [2.05, 4.69) is 34.2 Å². The van der Waals surface area contributed by atoms with Crippen LogP contribution in [0.1, 0.15) is 0 Å². The molecule has 0 aliphatic rings. The molecule has 0 saturated carbocycles. The first-order valence-electron chi connectivity index (χ1n) is 7.52. The molecule has 0 amide bonds.